The predicted octanol–water partition coefficient (Wildman–Crippen LogP) is 4.12. The first kappa shape index (κ1) is 12.4. The van der Waals surface area contributed by atoms with Crippen molar-refractivity contribution in [3.05, 3.63) is 64.1 Å². The molecular formula is C16H14BrNO. The number of hydrogen-bond donors (Lipinski definition) is 1. The molecule has 0 radical (unpaired) electrons. The summed E-state index contributed by atoms with van der Waals surface area (Å²) in [6.45, 7) is 0. The van der Waals surface area contributed by atoms with Gasteiger partial charge in [-0.15, -0.1) is 0 Å². The van der Waals surface area contributed by atoms with Gasteiger partial charge in [-0.25, -0.2) is 0 Å². The van der Waals surface area contributed by atoms with E-state index in [1.54, 1.807) is 0 Å². The van der Waals surface area contributed by atoms with Crippen molar-refractivity contribution in [3.63, 3.8) is 0 Å². The number of fused-ring (bicyclic) bond motifs is 1. The van der Waals surface area contributed by atoms with Crippen LogP contribution in [0.25, 0.3) is 0 Å². The van der Waals surface area contributed by atoms with Gasteiger partial charge in [-0.05, 0) is 42.2 Å². The van der Waals surface area contributed by atoms with E-state index in [0.717, 1.165) is 28.6 Å². The Morgan fingerprint density at radius 1 is 1.11 bits per heavy atom. The van der Waals surface area contributed by atoms with E-state index in [-0.39, 0.29) is 11.8 Å². The molecule has 1 heterocycles. The summed E-state index contributed by atoms with van der Waals surface area (Å²) in [6, 6.07) is 16.0. The van der Waals surface area contributed by atoms with Gasteiger partial charge in [0.15, 0.2) is 0 Å². The molecule has 0 bridgehead atoms. The average molecular weight is 316 g/mol. The Morgan fingerprint density at radius 2 is 1.89 bits per heavy atom. The van der Waals surface area contributed by atoms with Crippen molar-refractivity contribution in [2.75, 3.05) is 5.32 Å². The van der Waals surface area contributed by atoms with Gasteiger partial charge < -0.3 is 5.32 Å². The zero-order chi connectivity index (χ0) is 13.2. The Labute approximate surface area is 121 Å². The fourth-order valence-electron chi connectivity index (χ4n) is 2.55. The highest BCUT2D eigenvalue weighted by atomic mass is 79.9. The van der Waals surface area contributed by atoms with E-state index in [4.69, 9.17) is 0 Å². The van der Waals surface area contributed by atoms with Crippen molar-refractivity contribution in [2.45, 2.75) is 18.8 Å². The Kier molecular flexibility index (Phi) is 3.38. The Bertz CT molecular complexity index is 609. The molecule has 1 N–H and O–H groups in total. The van der Waals surface area contributed by atoms with Crippen LogP contribution in [0.1, 0.15) is 23.5 Å². The summed E-state index contributed by atoms with van der Waals surface area (Å²) >= 11 is 3.48. The quantitative estimate of drug-likeness (QED) is 0.842. The van der Waals surface area contributed by atoms with Crippen LogP contribution >= 0.6 is 15.9 Å². The molecule has 0 aromatic heterocycles. The number of nitrogens with one attached hydrogen (secondary N) is 1. The maximum absolute atomic E-state index is 12.3. The van der Waals surface area contributed by atoms with Crippen LogP contribution in [0.2, 0.25) is 0 Å². The van der Waals surface area contributed by atoms with Crippen LogP contribution in [0.15, 0.2) is 53.0 Å². The molecule has 1 aliphatic rings. The Balaban J connectivity index is 1.92. The fourth-order valence-corrected chi connectivity index (χ4v) is 2.95. The number of rotatable bonds is 1. The summed E-state index contributed by atoms with van der Waals surface area (Å²) in [7, 11) is 0. The smallest absolute Gasteiger partial charge is 0.231 e. The SMILES string of the molecule is O=C1Nc2ccc(Br)cc2CC[C@H]1c1ccccc1. The van der Waals surface area contributed by atoms with Crippen LogP contribution in [0, 0.1) is 0 Å². The van der Waals surface area contributed by atoms with Crippen molar-refractivity contribution in [1.82, 2.24) is 0 Å². The van der Waals surface area contributed by atoms with Gasteiger partial charge in [0.25, 0.3) is 0 Å². The molecule has 0 saturated carbocycles. The standard InChI is InChI=1S/C16H14BrNO/c17-13-7-9-15-12(10-13)6-8-14(16(19)18-15)11-4-2-1-3-5-11/h1-5,7,9-10,14H,6,8H2,(H,18,19)/t14-/m0/s1. The first-order chi connectivity index (χ1) is 9.24. The fraction of sp³-hybridized carbons (Fsp3) is 0.188. The third-order valence-electron chi connectivity index (χ3n) is 3.55. The van der Waals surface area contributed by atoms with Gasteiger partial charge in [0.2, 0.25) is 5.91 Å². The summed E-state index contributed by atoms with van der Waals surface area (Å²) < 4.78 is 1.05. The Hall–Kier alpha value is -1.61. The molecule has 19 heavy (non-hydrogen) atoms. The number of halogens is 1. The lowest BCUT2D eigenvalue weighted by molar-refractivity contribution is -0.117. The van der Waals surface area contributed by atoms with E-state index >= 15 is 0 Å². The molecule has 3 rings (SSSR count). The average Bonchev–Trinajstić information content (AvgIpc) is 2.58. The molecule has 0 aliphatic carbocycles. The lowest BCUT2D eigenvalue weighted by atomic mass is 9.93. The number of anilines is 1. The molecule has 3 heteroatoms. The number of carbonyl (C=O) groups is 1. The van der Waals surface area contributed by atoms with Crippen molar-refractivity contribution in [3.8, 4) is 0 Å². The second-order valence-corrected chi connectivity index (χ2v) is 5.71. The first-order valence-electron chi connectivity index (χ1n) is 6.38. The lowest BCUT2D eigenvalue weighted by Gasteiger charge is -2.13. The predicted molar refractivity (Wildman–Crippen MR) is 80.3 cm³/mol. The van der Waals surface area contributed by atoms with Gasteiger partial charge in [-0.1, -0.05) is 46.3 Å². The molecule has 1 aliphatic heterocycles. The number of amides is 1. The number of hydrogen-bond acceptors (Lipinski definition) is 1. The highest BCUT2D eigenvalue weighted by Gasteiger charge is 2.24. The molecule has 0 unspecified atom stereocenters. The van der Waals surface area contributed by atoms with E-state index in [1.807, 2.05) is 42.5 Å². The molecule has 0 saturated heterocycles. The second kappa shape index (κ2) is 5.17. The number of aryl methyl sites for hydroxylation is 1. The van der Waals surface area contributed by atoms with E-state index < -0.39 is 0 Å². The van der Waals surface area contributed by atoms with Crippen LogP contribution in [0.3, 0.4) is 0 Å². The molecule has 2 aromatic rings. The lowest BCUT2D eigenvalue weighted by Crippen LogP contribution is -2.19. The molecular weight excluding hydrogens is 302 g/mol. The van der Waals surface area contributed by atoms with Gasteiger partial charge >= 0.3 is 0 Å². The normalized spacial score (nSPS) is 18.4. The largest absolute Gasteiger partial charge is 0.325 e. The maximum atomic E-state index is 12.3. The van der Waals surface area contributed by atoms with Crippen LogP contribution in [-0.4, -0.2) is 5.91 Å². The monoisotopic (exact) mass is 315 g/mol. The first-order valence-corrected chi connectivity index (χ1v) is 7.17. The van der Waals surface area contributed by atoms with Crippen molar-refractivity contribution >= 4 is 27.5 Å². The minimum atomic E-state index is -0.0626. The molecule has 1 atom stereocenters. The molecule has 96 valence electrons. The number of benzene rings is 2. The molecule has 2 nitrogen and oxygen atoms in total. The van der Waals surface area contributed by atoms with Gasteiger partial charge in [-0.3, -0.25) is 4.79 Å². The van der Waals surface area contributed by atoms with Crippen molar-refractivity contribution in [1.29, 1.82) is 0 Å². The molecule has 0 fully saturated rings. The summed E-state index contributed by atoms with van der Waals surface area (Å²) in [5.74, 6) is 0.0275. The van der Waals surface area contributed by atoms with Gasteiger partial charge in [0, 0.05) is 10.2 Å². The maximum Gasteiger partial charge on any atom is 0.231 e. The minimum absolute atomic E-state index is 0.0626. The van der Waals surface area contributed by atoms with Crippen LogP contribution in [0.5, 0.6) is 0 Å². The zero-order valence-corrected chi connectivity index (χ0v) is 12.0. The minimum Gasteiger partial charge on any atom is -0.325 e. The Morgan fingerprint density at radius 3 is 2.68 bits per heavy atom. The molecule has 0 spiro atoms. The molecule has 1 amide bonds. The summed E-state index contributed by atoms with van der Waals surface area (Å²) in [6.07, 6.45) is 1.76. The molecule has 2 aromatic carbocycles. The number of carbonyl (C=O) groups excluding carboxylic acids is 1. The van der Waals surface area contributed by atoms with Crippen LogP contribution in [0.4, 0.5) is 5.69 Å². The summed E-state index contributed by atoms with van der Waals surface area (Å²) in [4.78, 5) is 12.3. The van der Waals surface area contributed by atoms with Gasteiger partial charge in [-0.2, -0.15) is 0 Å². The zero-order valence-electron chi connectivity index (χ0n) is 10.4. The van der Waals surface area contributed by atoms with Gasteiger partial charge in [0.1, 0.15) is 0 Å². The third-order valence-corrected chi connectivity index (χ3v) is 4.04. The van der Waals surface area contributed by atoms with E-state index in [9.17, 15) is 4.79 Å². The highest BCUT2D eigenvalue weighted by molar-refractivity contribution is 9.10. The second-order valence-electron chi connectivity index (χ2n) is 4.79. The van der Waals surface area contributed by atoms with E-state index in [1.165, 1.54) is 5.56 Å². The van der Waals surface area contributed by atoms with E-state index in [2.05, 4.69) is 27.3 Å². The highest BCUT2D eigenvalue weighted by Crippen LogP contribution is 2.31. The van der Waals surface area contributed by atoms with Crippen LogP contribution < -0.4 is 5.32 Å². The van der Waals surface area contributed by atoms with Crippen LogP contribution in [-0.2, 0) is 11.2 Å². The van der Waals surface area contributed by atoms with E-state index in [0.29, 0.717) is 0 Å². The van der Waals surface area contributed by atoms with Crippen molar-refractivity contribution < 1.29 is 4.79 Å². The third kappa shape index (κ3) is 2.56. The van der Waals surface area contributed by atoms with Gasteiger partial charge in [0.05, 0.1) is 5.92 Å². The summed E-state index contributed by atoms with van der Waals surface area (Å²) in [5.41, 5.74) is 3.22. The summed E-state index contributed by atoms with van der Waals surface area (Å²) in [5, 5.41) is 3.04. The van der Waals surface area contributed by atoms with Crippen molar-refractivity contribution in [2.24, 2.45) is 0 Å². The topological polar surface area (TPSA) is 29.1 Å².